The Labute approximate surface area is 89.0 Å². The van der Waals surface area contributed by atoms with Gasteiger partial charge in [0.1, 0.15) is 10.6 Å². The predicted octanol–water partition coefficient (Wildman–Crippen LogP) is 1.04. The first-order valence-corrected chi connectivity index (χ1v) is 5.57. The predicted molar refractivity (Wildman–Crippen MR) is 57.3 cm³/mol. The zero-order valence-corrected chi connectivity index (χ0v) is 8.69. The van der Waals surface area contributed by atoms with Crippen molar-refractivity contribution in [3.05, 3.63) is 27.1 Å². The molecule has 0 radical (unpaired) electrons. The van der Waals surface area contributed by atoms with E-state index in [2.05, 4.69) is 9.97 Å². The molecule has 0 bridgehead atoms. The lowest BCUT2D eigenvalue weighted by Crippen LogP contribution is -2.13. The van der Waals surface area contributed by atoms with E-state index in [9.17, 15) is 9.59 Å². The van der Waals surface area contributed by atoms with Gasteiger partial charge in [0, 0.05) is 17.7 Å². The van der Waals surface area contributed by atoms with Gasteiger partial charge in [0.15, 0.2) is 0 Å². The fourth-order valence-corrected chi connectivity index (χ4v) is 3.20. The molecule has 2 aromatic heterocycles. The molecule has 1 N–H and O–H groups in total. The maximum Gasteiger partial charge on any atom is 0.259 e. The summed E-state index contributed by atoms with van der Waals surface area (Å²) in [7, 11) is 0. The van der Waals surface area contributed by atoms with Crippen LogP contribution in [-0.4, -0.2) is 15.8 Å². The lowest BCUT2D eigenvalue weighted by molar-refractivity contribution is -0.118. The van der Waals surface area contributed by atoms with Gasteiger partial charge in [0.2, 0.25) is 0 Å². The Balaban J connectivity index is 2.38. The normalized spacial score (nSPS) is 15.6. The van der Waals surface area contributed by atoms with E-state index in [-0.39, 0.29) is 11.3 Å². The van der Waals surface area contributed by atoms with Crippen molar-refractivity contribution in [2.24, 2.45) is 0 Å². The smallest absolute Gasteiger partial charge is 0.259 e. The molecule has 1 aliphatic carbocycles. The van der Waals surface area contributed by atoms with E-state index in [1.807, 2.05) is 0 Å². The zero-order chi connectivity index (χ0) is 10.4. The quantitative estimate of drug-likeness (QED) is 0.721. The lowest BCUT2D eigenvalue weighted by atomic mass is 9.96. The maximum absolute atomic E-state index is 11.6. The third-order valence-electron chi connectivity index (χ3n) is 2.69. The van der Waals surface area contributed by atoms with Crippen LogP contribution in [0, 0.1) is 0 Å². The molecule has 0 aromatic carbocycles. The van der Waals surface area contributed by atoms with E-state index in [1.54, 1.807) is 0 Å². The Morgan fingerprint density at radius 2 is 2.20 bits per heavy atom. The first-order valence-electron chi connectivity index (χ1n) is 4.75. The van der Waals surface area contributed by atoms with Gasteiger partial charge in [-0.3, -0.25) is 9.59 Å². The fraction of sp³-hybridized carbons (Fsp3) is 0.300. The van der Waals surface area contributed by atoms with Crippen LogP contribution in [0.4, 0.5) is 0 Å². The van der Waals surface area contributed by atoms with Crippen molar-refractivity contribution in [1.82, 2.24) is 9.97 Å². The highest BCUT2D eigenvalue weighted by atomic mass is 32.1. The summed E-state index contributed by atoms with van der Waals surface area (Å²) >= 11 is 1.47. The molecular formula is C10H8N2O2S. The van der Waals surface area contributed by atoms with Crippen molar-refractivity contribution in [2.45, 2.75) is 19.3 Å². The van der Waals surface area contributed by atoms with Gasteiger partial charge in [-0.15, -0.1) is 11.3 Å². The summed E-state index contributed by atoms with van der Waals surface area (Å²) in [6, 6.07) is 0. The van der Waals surface area contributed by atoms with Crippen molar-refractivity contribution in [3.8, 4) is 0 Å². The largest absolute Gasteiger partial charge is 0.313 e. The number of nitrogens with one attached hydrogen (secondary N) is 1. The summed E-state index contributed by atoms with van der Waals surface area (Å²) in [4.78, 5) is 31.4. The molecule has 0 fully saturated rings. The SMILES string of the molecule is O=C1CCc2c(sc3nc[nH]c(=O)c23)C1. The summed E-state index contributed by atoms with van der Waals surface area (Å²) in [5, 5.41) is 0.685. The number of H-pyrrole nitrogens is 1. The minimum Gasteiger partial charge on any atom is -0.313 e. The van der Waals surface area contributed by atoms with Gasteiger partial charge >= 0.3 is 0 Å². The number of ketones is 1. The molecule has 4 nitrogen and oxygen atoms in total. The second kappa shape index (κ2) is 3.00. The fourth-order valence-electron chi connectivity index (χ4n) is 1.98. The Morgan fingerprint density at radius 3 is 3.07 bits per heavy atom. The van der Waals surface area contributed by atoms with Crippen LogP contribution in [0.3, 0.4) is 0 Å². The molecule has 0 amide bonds. The number of hydrogen-bond donors (Lipinski definition) is 1. The molecule has 1 aliphatic rings. The Morgan fingerprint density at radius 1 is 1.33 bits per heavy atom. The summed E-state index contributed by atoms with van der Waals surface area (Å²) in [6.45, 7) is 0. The number of hydrogen-bond acceptors (Lipinski definition) is 4. The second-order valence-corrected chi connectivity index (χ2v) is 4.71. The van der Waals surface area contributed by atoms with Gasteiger partial charge in [-0.25, -0.2) is 4.98 Å². The molecular weight excluding hydrogens is 212 g/mol. The van der Waals surface area contributed by atoms with E-state index < -0.39 is 0 Å². The van der Waals surface area contributed by atoms with Crippen LogP contribution in [0.25, 0.3) is 10.2 Å². The first kappa shape index (κ1) is 8.79. The van der Waals surface area contributed by atoms with Crippen LogP contribution < -0.4 is 5.56 Å². The highest BCUT2D eigenvalue weighted by Gasteiger charge is 2.22. The van der Waals surface area contributed by atoms with Gasteiger partial charge in [-0.1, -0.05) is 0 Å². The van der Waals surface area contributed by atoms with Crippen molar-refractivity contribution in [2.75, 3.05) is 0 Å². The monoisotopic (exact) mass is 220 g/mol. The average molecular weight is 220 g/mol. The molecule has 2 aromatic rings. The van der Waals surface area contributed by atoms with Crippen LogP contribution in [0.1, 0.15) is 16.9 Å². The highest BCUT2D eigenvalue weighted by molar-refractivity contribution is 7.19. The third kappa shape index (κ3) is 1.23. The van der Waals surface area contributed by atoms with Crippen LogP contribution in [0.2, 0.25) is 0 Å². The number of carbonyl (C=O) groups excluding carboxylic acids is 1. The Kier molecular flexibility index (Phi) is 1.76. The minimum atomic E-state index is -0.0909. The molecule has 5 heteroatoms. The number of Topliss-reactive ketones (excluding diaryl/α,β-unsaturated/α-hetero) is 1. The molecule has 0 saturated carbocycles. The molecule has 0 atom stereocenters. The molecule has 3 rings (SSSR count). The summed E-state index contributed by atoms with van der Waals surface area (Å²) < 4.78 is 0. The molecule has 0 saturated heterocycles. The minimum absolute atomic E-state index is 0.0909. The summed E-state index contributed by atoms with van der Waals surface area (Å²) in [5.74, 6) is 0.255. The number of aromatic amines is 1. The van der Waals surface area contributed by atoms with Gasteiger partial charge in [0.05, 0.1) is 11.7 Å². The number of nitrogens with zero attached hydrogens (tertiary/aromatic N) is 1. The third-order valence-corrected chi connectivity index (χ3v) is 3.83. The van der Waals surface area contributed by atoms with Gasteiger partial charge < -0.3 is 4.98 Å². The number of fused-ring (bicyclic) bond motifs is 3. The average Bonchev–Trinajstić information content (AvgIpc) is 2.56. The molecule has 76 valence electrons. The number of carbonyl (C=O) groups is 1. The number of thiophene rings is 1. The standard InChI is InChI=1S/C10H8N2O2S/c13-5-1-2-6-7(3-5)15-10-8(6)9(14)11-4-12-10/h4H,1-3H2,(H,11,12,14). The van der Waals surface area contributed by atoms with Crippen molar-refractivity contribution in [3.63, 3.8) is 0 Å². The Hall–Kier alpha value is -1.49. The van der Waals surface area contributed by atoms with Gasteiger partial charge in [-0.05, 0) is 12.0 Å². The number of aromatic nitrogens is 2. The van der Waals surface area contributed by atoms with Crippen molar-refractivity contribution in [1.29, 1.82) is 0 Å². The molecule has 2 heterocycles. The lowest BCUT2D eigenvalue weighted by Gasteiger charge is -2.08. The van der Waals surface area contributed by atoms with Crippen LogP contribution in [0.15, 0.2) is 11.1 Å². The van der Waals surface area contributed by atoms with Crippen LogP contribution in [0.5, 0.6) is 0 Å². The molecule has 0 aliphatic heterocycles. The van der Waals surface area contributed by atoms with E-state index in [0.29, 0.717) is 24.6 Å². The Bertz CT molecular complexity index is 611. The molecule has 0 spiro atoms. The van der Waals surface area contributed by atoms with Crippen LogP contribution in [-0.2, 0) is 17.6 Å². The summed E-state index contributed by atoms with van der Waals surface area (Å²) in [6.07, 6.45) is 3.11. The highest BCUT2D eigenvalue weighted by Crippen LogP contribution is 2.31. The topological polar surface area (TPSA) is 62.8 Å². The van der Waals surface area contributed by atoms with E-state index >= 15 is 0 Å². The number of rotatable bonds is 0. The molecule has 0 unspecified atom stereocenters. The van der Waals surface area contributed by atoms with E-state index in [0.717, 1.165) is 15.3 Å². The summed E-state index contributed by atoms with van der Waals surface area (Å²) in [5.41, 5.74) is 0.941. The van der Waals surface area contributed by atoms with E-state index in [4.69, 9.17) is 0 Å². The number of aryl methyl sites for hydroxylation is 1. The van der Waals surface area contributed by atoms with Crippen LogP contribution >= 0.6 is 11.3 Å². The van der Waals surface area contributed by atoms with Gasteiger partial charge in [-0.2, -0.15) is 0 Å². The van der Waals surface area contributed by atoms with E-state index in [1.165, 1.54) is 17.7 Å². The van der Waals surface area contributed by atoms with Gasteiger partial charge in [0.25, 0.3) is 5.56 Å². The maximum atomic E-state index is 11.6. The first-order chi connectivity index (χ1) is 7.25. The second-order valence-electron chi connectivity index (χ2n) is 3.63. The van der Waals surface area contributed by atoms with Crippen molar-refractivity contribution >= 4 is 27.3 Å². The molecule has 15 heavy (non-hydrogen) atoms. The zero-order valence-electron chi connectivity index (χ0n) is 7.87. The van der Waals surface area contributed by atoms with Crippen molar-refractivity contribution < 1.29 is 4.79 Å².